The predicted molar refractivity (Wildman–Crippen MR) is 94.5 cm³/mol. The van der Waals surface area contributed by atoms with E-state index in [0.717, 1.165) is 22.2 Å². The summed E-state index contributed by atoms with van der Waals surface area (Å²) in [6, 6.07) is 15.9. The normalized spacial score (nSPS) is 11.0. The van der Waals surface area contributed by atoms with E-state index in [1.54, 1.807) is 6.33 Å². The second-order valence-corrected chi connectivity index (χ2v) is 5.59. The van der Waals surface area contributed by atoms with Gasteiger partial charge in [-0.1, -0.05) is 29.8 Å². The van der Waals surface area contributed by atoms with Crippen LogP contribution < -0.4 is 10.1 Å². The van der Waals surface area contributed by atoms with Crippen LogP contribution in [0.15, 0.2) is 59.3 Å². The van der Waals surface area contributed by atoms with Crippen molar-refractivity contribution in [2.75, 3.05) is 18.5 Å². The zero-order valence-corrected chi connectivity index (χ0v) is 13.3. The Hall–Kier alpha value is -3.08. The molecule has 1 N–H and O–H groups in total. The van der Waals surface area contributed by atoms with Crippen LogP contribution in [0, 0.1) is 6.92 Å². The number of hydrogen-bond acceptors (Lipinski definition) is 5. The summed E-state index contributed by atoms with van der Waals surface area (Å²) in [5, 5.41) is 4.25. The summed E-state index contributed by atoms with van der Waals surface area (Å²) in [6.45, 7) is 3.21. The Kier molecular flexibility index (Phi) is 3.75. The van der Waals surface area contributed by atoms with Gasteiger partial charge in [-0.25, -0.2) is 9.97 Å². The molecule has 0 amide bonds. The molecule has 0 aliphatic carbocycles. The second kappa shape index (κ2) is 6.20. The first kappa shape index (κ1) is 14.5. The van der Waals surface area contributed by atoms with Crippen molar-refractivity contribution < 1.29 is 9.15 Å². The Morgan fingerprint density at radius 1 is 1.04 bits per heavy atom. The average molecular weight is 319 g/mol. The van der Waals surface area contributed by atoms with Gasteiger partial charge in [-0.15, -0.1) is 0 Å². The van der Waals surface area contributed by atoms with Crippen LogP contribution >= 0.6 is 0 Å². The Morgan fingerprint density at radius 3 is 2.75 bits per heavy atom. The second-order valence-electron chi connectivity index (χ2n) is 5.59. The van der Waals surface area contributed by atoms with E-state index in [1.807, 2.05) is 48.5 Å². The first-order valence-corrected chi connectivity index (χ1v) is 7.87. The third-order valence-corrected chi connectivity index (χ3v) is 3.84. The number of rotatable bonds is 5. The van der Waals surface area contributed by atoms with Crippen molar-refractivity contribution in [3.05, 3.63) is 60.4 Å². The van der Waals surface area contributed by atoms with E-state index in [1.165, 1.54) is 5.56 Å². The molecule has 0 aliphatic heterocycles. The van der Waals surface area contributed by atoms with Crippen molar-refractivity contribution in [2.24, 2.45) is 0 Å². The van der Waals surface area contributed by atoms with Gasteiger partial charge >= 0.3 is 0 Å². The lowest BCUT2D eigenvalue weighted by molar-refractivity contribution is 0.332. The summed E-state index contributed by atoms with van der Waals surface area (Å²) in [4.78, 5) is 8.62. The van der Waals surface area contributed by atoms with Crippen LogP contribution in [0.5, 0.6) is 5.75 Å². The molecule has 0 fully saturated rings. The van der Waals surface area contributed by atoms with Crippen LogP contribution in [0.4, 0.5) is 5.82 Å². The minimum Gasteiger partial charge on any atom is -0.492 e. The molecule has 0 unspecified atom stereocenters. The topological polar surface area (TPSA) is 60.2 Å². The minimum absolute atomic E-state index is 0.536. The number of benzene rings is 2. The van der Waals surface area contributed by atoms with Crippen LogP contribution in [0.1, 0.15) is 5.56 Å². The third-order valence-electron chi connectivity index (χ3n) is 3.84. The van der Waals surface area contributed by atoms with Crippen LogP contribution in [-0.4, -0.2) is 23.1 Å². The van der Waals surface area contributed by atoms with Crippen molar-refractivity contribution in [3.8, 4) is 5.75 Å². The Bertz CT molecular complexity index is 977. The van der Waals surface area contributed by atoms with Crippen LogP contribution in [-0.2, 0) is 0 Å². The summed E-state index contributed by atoms with van der Waals surface area (Å²) in [7, 11) is 0. The molecule has 5 heteroatoms. The lowest BCUT2D eigenvalue weighted by Gasteiger charge is -2.08. The Balaban J connectivity index is 1.47. The molecule has 0 bridgehead atoms. The number of nitrogens with zero attached hydrogens (tertiary/aromatic N) is 2. The first-order valence-electron chi connectivity index (χ1n) is 7.87. The van der Waals surface area contributed by atoms with Crippen molar-refractivity contribution in [1.82, 2.24) is 9.97 Å². The van der Waals surface area contributed by atoms with Gasteiger partial charge < -0.3 is 14.5 Å². The molecule has 0 saturated carbocycles. The van der Waals surface area contributed by atoms with Crippen molar-refractivity contribution in [2.45, 2.75) is 6.92 Å². The summed E-state index contributed by atoms with van der Waals surface area (Å²) >= 11 is 0. The van der Waals surface area contributed by atoms with Crippen LogP contribution in [0.25, 0.3) is 22.1 Å². The molecule has 0 radical (unpaired) electrons. The molecule has 2 heterocycles. The van der Waals surface area contributed by atoms with Crippen LogP contribution in [0.3, 0.4) is 0 Å². The van der Waals surface area contributed by atoms with Gasteiger partial charge in [0.15, 0.2) is 11.4 Å². The maximum absolute atomic E-state index is 5.88. The molecular formula is C19H17N3O2. The molecule has 0 aliphatic rings. The monoisotopic (exact) mass is 319 g/mol. The highest BCUT2D eigenvalue weighted by Gasteiger charge is 2.12. The van der Waals surface area contributed by atoms with Gasteiger partial charge in [0.05, 0.1) is 6.54 Å². The minimum atomic E-state index is 0.536. The molecule has 2 aromatic carbocycles. The number of aromatic nitrogens is 2. The number of anilines is 1. The van der Waals surface area contributed by atoms with Gasteiger partial charge in [0.25, 0.3) is 0 Å². The van der Waals surface area contributed by atoms with Gasteiger partial charge in [-0.05, 0) is 31.2 Å². The molecule has 120 valence electrons. The maximum Gasteiger partial charge on any atom is 0.196 e. The van der Waals surface area contributed by atoms with E-state index in [9.17, 15) is 0 Å². The molecule has 5 nitrogen and oxygen atoms in total. The number of ether oxygens (including phenoxy) is 1. The van der Waals surface area contributed by atoms with E-state index in [2.05, 4.69) is 22.2 Å². The highest BCUT2D eigenvalue weighted by Crippen LogP contribution is 2.30. The molecule has 4 aromatic rings. The summed E-state index contributed by atoms with van der Waals surface area (Å²) < 4.78 is 11.6. The lowest BCUT2D eigenvalue weighted by Crippen LogP contribution is -2.12. The number of aryl methyl sites for hydroxylation is 1. The fourth-order valence-corrected chi connectivity index (χ4v) is 2.62. The Labute approximate surface area is 139 Å². The lowest BCUT2D eigenvalue weighted by atomic mass is 10.2. The van der Waals surface area contributed by atoms with Crippen molar-refractivity contribution >= 4 is 27.9 Å². The maximum atomic E-state index is 5.88. The number of para-hydroxylation sites is 1. The Morgan fingerprint density at radius 2 is 1.88 bits per heavy atom. The molecule has 24 heavy (non-hydrogen) atoms. The molecular weight excluding hydrogens is 302 g/mol. The number of nitrogens with one attached hydrogen (secondary N) is 1. The highest BCUT2D eigenvalue weighted by atomic mass is 16.5. The van der Waals surface area contributed by atoms with E-state index < -0.39 is 0 Å². The highest BCUT2D eigenvalue weighted by molar-refractivity contribution is 6.05. The number of hydrogen-bond donors (Lipinski definition) is 1. The van der Waals surface area contributed by atoms with E-state index in [0.29, 0.717) is 24.6 Å². The molecule has 0 spiro atoms. The summed E-state index contributed by atoms with van der Waals surface area (Å²) in [6.07, 6.45) is 1.55. The van der Waals surface area contributed by atoms with Crippen molar-refractivity contribution in [3.63, 3.8) is 0 Å². The number of furan rings is 1. The van der Waals surface area contributed by atoms with Gasteiger partial charge in [0.2, 0.25) is 0 Å². The van der Waals surface area contributed by atoms with E-state index in [-0.39, 0.29) is 0 Å². The summed E-state index contributed by atoms with van der Waals surface area (Å²) in [5.74, 6) is 1.54. The zero-order chi connectivity index (χ0) is 16.4. The number of fused-ring (bicyclic) bond motifs is 3. The fraction of sp³-hybridized carbons (Fsp3) is 0.158. The first-order chi connectivity index (χ1) is 11.8. The standard InChI is InChI=1S/C19H17N3O2/c1-13-6-8-14(9-7-13)23-11-10-20-19-18-17(21-12-22-19)15-4-2-3-5-16(15)24-18/h2-9,12H,10-11H2,1H3,(H,20,21,22). The van der Waals surface area contributed by atoms with Gasteiger partial charge in [0.1, 0.15) is 29.8 Å². The average Bonchev–Trinajstić information content (AvgIpc) is 3.00. The van der Waals surface area contributed by atoms with Gasteiger partial charge in [0, 0.05) is 5.39 Å². The zero-order valence-electron chi connectivity index (χ0n) is 13.3. The quantitative estimate of drug-likeness (QED) is 0.559. The molecule has 2 aromatic heterocycles. The summed E-state index contributed by atoms with van der Waals surface area (Å²) in [5.41, 5.74) is 3.53. The van der Waals surface area contributed by atoms with Crippen LogP contribution in [0.2, 0.25) is 0 Å². The van der Waals surface area contributed by atoms with E-state index in [4.69, 9.17) is 9.15 Å². The SMILES string of the molecule is Cc1ccc(OCCNc2ncnc3c2oc2ccccc23)cc1. The largest absolute Gasteiger partial charge is 0.492 e. The van der Waals surface area contributed by atoms with Crippen molar-refractivity contribution in [1.29, 1.82) is 0 Å². The molecule has 4 rings (SSSR count). The van der Waals surface area contributed by atoms with Gasteiger partial charge in [-0.2, -0.15) is 0 Å². The predicted octanol–water partition coefficient (Wildman–Crippen LogP) is 4.18. The fourth-order valence-electron chi connectivity index (χ4n) is 2.62. The third kappa shape index (κ3) is 2.76. The smallest absolute Gasteiger partial charge is 0.196 e. The molecule has 0 atom stereocenters. The molecule has 0 saturated heterocycles. The van der Waals surface area contributed by atoms with Gasteiger partial charge in [-0.3, -0.25) is 0 Å². The van der Waals surface area contributed by atoms with E-state index >= 15 is 0 Å².